The minimum Gasteiger partial charge on any atom is -0.368 e. The van der Waals surface area contributed by atoms with Crippen molar-refractivity contribution in [3.63, 3.8) is 0 Å². The third-order valence-electron chi connectivity index (χ3n) is 3.48. The lowest BCUT2D eigenvalue weighted by Crippen LogP contribution is -2.29. The fourth-order valence-corrected chi connectivity index (χ4v) is 3.13. The van der Waals surface area contributed by atoms with E-state index in [2.05, 4.69) is 20.8 Å². The van der Waals surface area contributed by atoms with Gasteiger partial charge in [0.15, 0.2) is 5.69 Å². The van der Waals surface area contributed by atoms with Crippen LogP contribution in [0.5, 0.6) is 0 Å². The van der Waals surface area contributed by atoms with Gasteiger partial charge in [-0.1, -0.05) is 43.1 Å². The van der Waals surface area contributed by atoms with Crippen molar-refractivity contribution < 1.29 is 4.79 Å². The van der Waals surface area contributed by atoms with Crippen LogP contribution in [-0.2, 0) is 5.41 Å². The van der Waals surface area contributed by atoms with Crippen molar-refractivity contribution in [1.29, 1.82) is 0 Å². The summed E-state index contributed by atoms with van der Waals surface area (Å²) in [7, 11) is 1.55. The minimum absolute atomic E-state index is 0.270. The Morgan fingerprint density at radius 1 is 1.13 bits per heavy atom. The topological polar surface area (TPSA) is 66.9 Å². The molecule has 0 bridgehead atoms. The quantitative estimate of drug-likeness (QED) is 0.863. The van der Waals surface area contributed by atoms with Gasteiger partial charge in [0.25, 0.3) is 5.91 Å². The fourth-order valence-electron chi connectivity index (χ4n) is 2.22. The normalized spacial score (nSPS) is 11.2. The number of carbonyl (C=O) groups excluding carboxylic acids is 1. The maximum Gasteiger partial charge on any atom is 0.271 e. The summed E-state index contributed by atoms with van der Waals surface area (Å²) in [6.07, 6.45) is 0. The van der Waals surface area contributed by atoms with E-state index in [4.69, 9.17) is 23.2 Å². The van der Waals surface area contributed by atoms with Crippen LogP contribution < -0.4 is 10.6 Å². The summed E-state index contributed by atoms with van der Waals surface area (Å²) in [4.78, 5) is 11.4. The summed E-state index contributed by atoms with van der Waals surface area (Å²) >= 11 is 12.6. The molecule has 0 saturated carbocycles. The average Bonchev–Trinajstić information content (AvgIpc) is 2.52. The molecule has 1 aromatic carbocycles. The molecule has 0 saturated heterocycles. The van der Waals surface area contributed by atoms with Gasteiger partial charge in [-0.05, 0) is 29.8 Å². The Morgan fingerprint density at radius 2 is 1.78 bits per heavy atom. The third-order valence-corrected chi connectivity index (χ3v) is 4.11. The Kier molecular flexibility index (Phi) is 5.44. The summed E-state index contributed by atoms with van der Waals surface area (Å²) < 4.78 is 0. The van der Waals surface area contributed by atoms with Crippen molar-refractivity contribution in [1.82, 2.24) is 15.5 Å². The van der Waals surface area contributed by atoms with E-state index in [-0.39, 0.29) is 17.0 Å². The lowest BCUT2D eigenvalue weighted by Gasteiger charge is -2.28. The highest BCUT2D eigenvalue weighted by Gasteiger charge is 2.26. The highest BCUT2D eigenvalue weighted by molar-refractivity contribution is 6.36. The number of rotatable bonds is 5. The van der Waals surface area contributed by atoms with Gasteiger partial charge in [-0.3, -0.25) is 4.79 Å². The molecule has 2 rings (SSSR count). The number of nitrogens with zero attached hydrogens (tertiary/aromatic N) is 2. The molecule has 0 aliphatic rings. The van der Waals surface area contributed by atoms with Gasteiger partial charge in [0, 0.05) is 29.1 Å². The molecule has 0 atom stereocenters. The van der Waals surface area contributed by atoms with Crippen LogP contribution in [0.25, 0.3) is 0 Å². The number of hydrogen-bond acceptors (Lipinski definition) is 4. The van der Waals surface area contributed by atoms with Crippen molar-refractivity contribution in [3.05, 3.63) is 51.6 Å². The van der Waals surface area contributed by atoms with Crippen LogP contribution in [0, 0.1) is 0 Å². The van der Waals surface area contributed by atoms with Crippen LogP contribution in [0.15, 0.2) is 30.3 Å². The molecule has 1 heterocycles. The number of hydrogen-bond donors (Lipinski definition) is 2. The Balaban J connectivity index is 2.11. The molecule has 0 unspecified atom stereocenters. The Hall–Kier alpha value is -1.85. The summed E-state index contributed by atoms with van der Waals surface area (Å²) in [6.45, 7) is 4.64. The Bertz CT molecular complexity index is 681. The van der Waals surface area contributed by atoms with E-state index >= 15 is 0 Å². The molecule has 1 amide bonds. The molecule has 1 aromatic heterocycles. The Labute approximate surface area is 145 Å². The highest BCUT2D eigenvalue weighted by Crippen LogP contribution is 2.35. The molecule has 122 valence electrons. The number of anilines is 1. The zero-order valence-electron chi connectivity index (χ0n) is 13.2. The van der Waals surface area contributed by atoms with E-state index in [1.807, 2.05) is 32.0 Å². The summed E-state index contributed by atoms with van der Waals surface area (Å²) in [5.74, 6) is 0.307. The first kappa shape index (κ1) is 17.5. The van der Waals surface area contributed by atoms with E-state index < -0.39 is 0 Å². The maximum absolute atomic E-state index is 11.4. The Morgan fingerprint density at radius 3 is 2.30 bits per heavy atom. The van der Waals surface area contributed by atoms with E-state index in [1.54, 1.807) is 19.2 Å². The largest absolute Gasteiger partial charge is 0.368 e. The van der Waals surface area contributed by atoms with Crippen molar-refractivity contribution >= 4 is 34.9 Å². The minimum atomic E-state index is -0.309. The predicted molar refractivity (Wildman–Crippen MR) is 93.4 cm³/mol. The van der Waals surface area contributed by atoms with Gasteiger partial charge in [0.05, 0.1) is 0 Å². The molecule has 23 heavy (non-hydrogen) atoms. The van der Waals surface area contributed by atoms with Crippen LogP contribution >= 0.6 is 23.2 Å². The number of amides is 1. The number of halogens is 2. The number of benzene rings is 1. The van der Waals surface area contributed by atoms with Crippen LogP contribution in [0.4, 0.5) is 5.82 Å². The van der Waals surface area contributed by atoms with Crippen molar-refractivity contribution in [2.24, 2.45) is 0 Å². The van der Waals surface area contributed by atoms with Crippen molar-refractivity contribution in [3.8, 4) is 0 Å². The molecule has 0 radical (unpaired) electrons. The first-order valence-electron chi connectivity index (χ1n) is 7.09. The molecule has 0 aliphatic heterocycles. The standard InChI is InChI=1S/C16H18Cl2N4O/c1-16(2,14-10(17)5-4-6-11(14)18)9-20-13-8-7-12(21-22-13)15(23)19-3/h4-8H,9H2,1-3H3,(H,19,23)(H,20,22). The fraction of sp³-hybridized carbons (Fsp3) is 0.312. The van der Waals surface area contributed by atoms with Crippen molar-refractivity contribution in [2.45, 2.75) is 19.3 Å². The van der Waals surface area contributed by atoms with Crippen LogP contribution in [0.2, 0.25) is 10.0 Å². The molecular weight excluding hydrogens is 335 g/mol. The van der Waals surface area contributed by atoms with E-state index in [9.17, 15) is 4.79 Å². The summed E-state index contributed by atoms with van der Waals surface area (Å²) in [5.41, 5.74) is 0.841. The zero-order chi connectivity index (χ0) is 17.0. The number of carbonyl (C=O) groups is 1. The third kappa shape index (κ3) is 4.12. The SMILES string of the molecule is CNC(=O)c1ccc(NCC(C)(C)c2c(Cl)cccc2Cl)nn1. The van der Waals surface area contributed by atoms with Crippen LogP contribution in [0.3, 0.4) is 0 Å². The predicted octanol–water partition coefficient (Wildman–Crippen LogP) is 3.53. The molecule has 0 aliphatic carbocycles. The van der Waals surface area contributed by atoms with Crippen molar-refractivity contribution in [2.75, 3.05) is 18.9 Å². The first-order chi connectivity index (χ1) is 10.8. The van der Waals surface area contributed by atoms with Gasteiger partial charge in [0.1, 0.15) is 5.82 Å². The van der Waals surface area contributed by atoms with E-state index in [0.717, 1.165) is 5.56 Å². The van der Waals surface area contributed by atoms with E-state index in [0.29, 0.717) is 22.4 Å². The molecule has 5 nitrogen and oxygen atoms in total. The second-order valence-electron chi connectivity index (χ2n) is 5.72. The molecule has 2 N–H and O–H groups in total. The molecule has 7 heteroatoms. The second kappa shape index (κ2) is 7.15. The average molecular weight is 353 g/mol. The highest BCUT2D eigenvalue weighted by atomic mass is 35.5. The van der Waals surface area contributed by atoms with Gasteiger partial charge in [-0.25, -0.2) is 0 Å². The van der Waals surface area contributed by atoms with Gasteiger partial charge < -0.3 is 10.6 Å². The van der Waals surface area contributed by atoms with Crippen LogP contribution in [0.1, 0.15) is 29.9 Å². The molecule has 0 fully saturated rings. The number of nitrogens with one attached hydrogen (secondary N) is 2. The van der Waals surface area contributed by atoms with Gasteiger partial charge in [-0.15, -0.1) is 10.2 Å². The van der Waals surface area contributed by atoms with Gasteiger partial charge in [-0.2, -0.15) is 0 Å². The van der Waals surface area contributed by atoms with E-state index in [1.165, 1.54) is 0 Å². The first-order valence-corrected chi connectivity index (χ1v) is 7.85. The summed E-state index contributed by atoms with van der Waals surface area (Å²) in [6, 6.07) is 8.79. The lowest BCUT2D eigenvalue weighted by atomic mass is 9.84. The molecule has 2 aromatic rings. The maximum atomic E-state index is 11.4. The molecular formula is C16H18Cl2N4O. The van der Waals surface area contributed by atoms with Gasteiger partial charge in [0.2, 0.25) is 0 Å². The summed E-state index contributed by atoms with van der Waals surface area (Å²) in [5, 5.41) is 14.8. The van der Waals surface area contributed by atoms with Gasteiger partial charge >= 0.3 is 0 Å². The molecule has 0 spiro atoms. The second-order valence-corrected chi connectivity index (χ2v) is 6.53. The monoisotopic (exact) mass is 352 g/mol. The lowest BCUT2D eigenvalue weighted by molar-refractivity contribution is 0.0957. The smallest absolute Gasteiger partial charge is 0.271 e. The number of aromatic nitrogens is 2. The van der Waals surface area contributed by atoms with Crippen LogP contribution in [-0.4, -0.2) is 29.7 Å². The zero-order valence-corrected chi connectivity index (χ0v) is 14.7.